The normalized spacial score (nSPS) is 10.7. The Labute approximate surface area is 111 Å². The molecule has 0 atom stereocenters. The van der Waals surface area contributed by atoms with E-state index < -0.39 is 0 Å². The fourth-order valence-electron chi connectivity index (χ4n) is 1.79. The van der Waals surface area contributed by atoms with Crippen molar-refractivity contribution in [2.75, 3.05) is 6.54 Å². The number of hydrogen-bond acceptors (Lipinski definition) is 4. The molecular formula is C13H17N5O. The van der Waals surface area contributed by atoms with Gasteiger partial charge in [-0.15, -0.1) is 5.10 Å². The van der Waals surface area contributed by atoms with Gasteiger partial charge in [0.1, 0.15) is 0 Å². The summed E-state index contributed by atoms with van der Waals surface area (Å²) >= 11 is 0. The summed E-state index contributed by atoms with van der Waals surface area (Å²) < 4.78 is 1.73. The molecular weight excluding hydrogens is 242 g/mol. The third kappa shape index (κ3) is 2.78. The largest absolute Gasteiger partial charge is 0.352 e. The van der Waals surface area contributed by atoms with Gasteiger partial charge in [-0.25, -0.2) is 4.68 Å². The molecule has 6 nitrogen and oxygen atoms in total. The molecule has 1 N–H and O–H groups in total. The molecule has 1 aromatic carbocycles. The average molecular weight is 259 g/mol. The van der Waals surface area contributed by atoms with E-state index in [9.17, 15) is 4.79 Å². The Bertz CT molecular complexity index is 576. The van der Waals surface area contributed by atoms with Crippen LogP contribution in [0.3, 0.4) is 0 Å². The predicted molar refractivity (Wildman–Crippen MR) is 71.6 cm³/mol. The van der Waals surface area contributed by atoms with E-state index in [1.165, 1.54) is 0 Å². The Morgan fingerprint density at radius 2 is 2.21 bits per heavy atom. The molecule has 0 aliphatic heterocycles. The zero-order chi connectivity index (χ0) is 13.8. The number of tetrazole rings is 1. The highest BCUT2D eigenvalue weighted by Gasteiger charge is 2.13. The molecule has 0 saturated carbocycles. The first kappa shape index (κ1) is 13.2. The van der Waals surface area contributed by atoms with Crippen molar-refractivity contribution >= 4 is 5.91 Å². The standard InChI is InChI=1S/C13H17N5O/c1-4-14-13(19)11-7-5-6-10(8-11)12-15-16-17-18(12)9(2)3/h5-9H,4H2,1-3H3,(H,14,19). The molecule has 6 heteroatoms. The van der Waals surface area contributed by atoms with Crippen LogP contribution in [0.15, 0.2) is 24.3 Å². The Morgan fingerprint density at radius 3 is 2.89 bits per heavy atom. The van der Waals surface area contributed by atoms with Crippen LogP contribution in [0, 0.1) is 0 Å². The fraction of sp³-hybridized carbons (Fsp3) is 0.385. The van der Waals surface area contributed by atoms with Gasteiger partial charge in [-0.1, -0.05) is 12.1 Å². The van der Waals surface area contributed by atoms with Crippen LogP contribution in [0.5, 0.6) is 0 Å². The number of carbonyl (C=O) groups excluding carboxylic acids is 1. The van der Waals surface area contributed by atoms with Gasteiger partial charge in [0, 0.05) is 17.7 Å². The number of nitrogens with zero attached hydrogens (tertiary/aromatic N) is 4. The molecule has 1 heterocycles. The van der Waals surface area contributed by atoms with Crippen molar-refractivity contribution in [3.63, 3.8) is 0 Å². The van der Waals surface area contributed by atoms with Gasteiger partial charge in [0.2, 0.25) is 0 Å². The van der Waals surface area contributed by atoms with E-state index in [1.807, 2.05) is 32.9 Å². The lowest BCUT2D eigenvalue weighted by molar-refractivity contribution is 0.0956. The van der Waals surface area contributed by atoms with Crippen molar-refractivity contribution in [1.29, 1.82) is 0 Å². The lowest BCUT2D eigenvalue weighted by Crippen LogP contribution is -2.22. The lowest BCUT2D eigenvalue weighted by Gasteiger charge is -2.08. The van der Waals surface area contributed by atoms with E-state index in [0.717, 1.165) is 5.56 Å². The number of nitrogens with one attached hydrogen (secondary N) is 1. The highest BCUT2D eigenvalue weighted by Crippen LogP contribution is 2.19. The molecule has 0 radical (unpaired) electrons. The van der Waals surface area contributed by atoms with Gasteiger partial charge in [-0.3, -0.25) is 4.79 Å². The van der Waals surface area contributed by atoms with Gasteiger partial charge in [-0.05, 0) is 43.3 Å². The number of rotatable bonds is 4. The van der Waals surface area contributed by atoms with Crippen LogP contribution in [0.4, 0.5) is 0 Å². The summed E-state index contributed by atoms with van der Waals surface area (Å²) in [7, 11) is 0. The fourth-order valence-corrected chi connectivity index (χ4v) is 1.79. The van der Waals surface area contributed by atoms with E-state index in [0.29, 0.717) is 17.9 Å². The minimum Gasteiger partial charge on any atom is -0.352 e. The predicted octanol–water partition coefficient (Wildman–Crippen LogP) is 1.67. The van der Waals surface area contributed by atoms with Crippen molar-refractivity contribution in [2.45, 2.75) is 26.8 Å². The van der Waals surface area contributed by atoms with E-state index in [1.54, 1.807) is 16.8 Å². The summed E-state index contributed by atoms with van der Waals surface area (Å²) in [5.74, 6) is 0.578. The molecule has 1 aromatic heterocycles. The Hall–Kier alpha value is -2.24. The molecule has 0 spiro atoms. The maximum Gasteiger partial charge on any atom is 0.251 e. The summed E-state index contributed by atoms with van der Waals surface area (Å²) in [4.78, 5) is 11.8. The van der Waals surface area contributed by atoms with Gasteiger partial charge in [0.05, 0.1) is 6.04 Å². The van der Waals surface area contributed by atoms with Crippen LogP contribution < -0.4 is 5.32 Å². The third-order valence-electron chi connectivity index (χ3n) is 2.70. The Kier molecular flexibility index (Phi) is 3.89. The van der Waals surface area contributed by atoms with Crippen LogP contribution in [0.2, 0.25) is 0 Å². The van der Waals surface area contributed by atoms with Crippen LogP contribution in [-0.4, -0.2) is 32.7 Å². The number of amides is 1. The summed E-state index contributed by atoms with van der Waals surface area (Å²) in [6, 6.07) is 7.47. The number of aromatic nitrogens is 4. The van der Waals surface area contributed by atoms with Gasteiger partial charge in [0.25, 0.3) is 5.91 Å². The first-order valence-corrected chi connectivity index (χ1v) is 6.30. The first-order valence-electron chi connectivity index (χ1n) is 6.30. The van der Waals surface area contributed by atoms with E-state index in [-0.39, 0.29) is 11.9 Å². The quantitative estimate of drug-likeness (QED) is 0.906. The molecule has 100 valence electrons. The molecule has 2 aromatic rings. The molecule has 0 aliphatic carbocycles. The molecule has 19 heavy (non-hydrogen) atoms. The molecule has 0 unspecified atom stereocenters. The molecule has 0 fully saturated rings. The van der Waals surface area contributed by atoms with Crippen LogP contribution in [0.25, 0.3) is 11.4 Å². The molecule has 0 saturated heterocycles. The second-order valence-electron chi connectivity index (χ2n) is 4.48. The zero-order valence-electron chi connectivity index (χ0n) is 11.3. The van der Waals surface area contributed by atoms with Gasteiger partial charge >= 0.3 is 0 Å². The van der Waals surface area contributed by atoms with E-state index >= 15 is 0 Å². The average Bonchev–Trinajstić information content (AvgIpc) is 2.88. The van der Waals surface area contributed by atoms with Crippen molar-refractivity contribution < 1.29 is 4.79 Å². The minimum atomic E-state index is -0.0899. The summed E-state index contributed by atoms with van der Waals surface area (Å²) in [5, 5.41) is 14.4. The number of benzene rings is 1. The van der Waals surface area contributed by atoms with Crippen LogP contribution in [0.1, 0.15) is 37.2 Å². The molecule has 1 amide bonds. The second-order valence-corrected chi connectivity index (χ2v) is 4.48. The highest BCUT2D eigenvalue weighted by atomic mass is 16.1. The second kappa shape index (κ2) is 5.60. The van der Waals surface area contributed by atoms with Crippen LogP contribution >= 0.6 is 0 Å². The Morgan fingerprint density at radius 1 is 1.42 bits per heavy atom. The monoisotopic (exact) mass is 259 g/mol. The first-order chi connectivity index (χ1) is 9.13. The summed E-state index contributed by atoms with van der Waals surface area (Å²) in [6.45, 7) is 6.51. The zero-order valence-corrected chi connectivity index (χ0v) is 11.3. The SMILES string of the molecule is CCNC(=O)c1cccc(-c2nnnn2C(C)C)c1. The van der Waals surface area contributed by atoms with Crippen molar-refractivity contribution in [2.24, 2.45) is 0 Å². The lowest BCUT2D eigenvalue weighted by atomic mass is 10.1. The maximum absolute atomic E-state index is 11.8. The summed E-state index contributed by atoms with van der Waals surface area (Å²) in [5.41, 5.74) is 1.44. The molecule has 0 aliphatic rings. The van der Waals surface area contributed by atoms with Gasteiger partial charge in [-0.2, -0.15) is 0 Å². The minimum absolute atomic E-state index is 0.0899. The molecule has 2 rings (SSSR count). The van der Waals surface area contributed by atoms with E-state index in [4.69, 9.17) is 0 Å². The maximum atomic E-state index is 11.8. The van der Waals surface area contributed by atoms with E-state index in [2.05, 4.69) is 20.8 Å². The van der Waals surface area contributed by atoms with Gasteiger partial charge < -0.3 is 5.32 Å². The van der Waals surface area contributed by atoms with Crippen LogP contribution in [-0.2, 0) is 0 Å². The van der Waals surface area contributed by atoms with Crippen molar-refractivity contribution in [3.05, 3.63) is 29.8 Å². The summed E-state index contributed by atoms with van der Waals surface area (Å²) in [6.07, 6.45) is 0. The number of carbonyl (C=O) groups is 1. The van der Waals surface area contributed by atoms with Crippen molar-refractivity contribution in [3.8, 4) is 11.4 Å². The van der Waals surface area contributed by atoms with Gasteiger partial charge in [0.15, 0.2) is 5.82 Å². The van der Waals surface area contributed by atoms with Crippen molar-refractivity contribution in [1.82, 2.24) is 25.5 Å². The molecule has 0 bridgehead atoms. The number of hydrogen-bond donors (Lipinski definition) is 1. The Balaban J connectivity index is 2.38. The topological polar surface area (TPSA) is 72.7 Å². The highest BCUT2D eigenvalue weighted by molar-refractivity contribution is 5.95. The third-order valence-corrected chi connectivity index (χ3v) is 2.70. The smallest absolute Gasteiger partial charge is 0.251 e.